The summed E-state index contributed by atoms with van der Waals surface area (Å²) in [4.78, 5) is 37.2. The molecule has 8 heteroatoms. The molecule has 1 amide bonds. The zero-order valence-corrected chi connectivity index (χ0v) is 17.3. The van der Waals surface area contributed by atoms with Gasteiger partial charge in [-0.05, 0) is 18.1 Å². The molecule has 0 bridgehead atoms. The summed E-state index contributed by atoms with van der Waals surface area (Å²) in [7, 11) is 0. The number of esters is 1. The Kier molecular flexibility index (Phi) is 7.48. The number of nitrogens with one attached hydrogen (secondary N) is 2. The first kappa shape index (κ1) is 21.9. The largest absolute Gasteiger partial charge is 0.480 e. The molecule has 3 N–H and O–H groups in total. The summed E-state index contributed by atoms with van der Waals surface area (Å²) >= 11 is 1.28. The summed E-state index contributed by atoms with van der Waals surface area (Å²) < 4.78 is 5.15. The van der Waals surface area contributed by atoms with Crippen LogP contribution in [0.5, 0.6) is 0 Å². The first-order chi connectivity index (χ1) is 14.5. The van der Waals surface area contributed by atoms with E-state index in [9.17, 15) is 19.5 Å². The smallest absolute Gasteiger partial charge is 0.331 e. The molecule has 2 aromatic carbocycles. The van der Waals surface area contributed by atoms with Crippen molar-refractivity contribution in [2.45, 2.75) is 30.3 Å². The number of carbonyl (C=O) groups excluding carboxylic acids is 2. The molecule has 30 heavy (non-hydrogen) atoms. The van der Waals surface area contributed by atoms with E-state index in [0.717, 1.165) is 11.1 Å². The summed E-state index contributed by atoms with van der Waals surface area (Å²) in [5.74, 6) is -2.27. The highest BCUT2D eigenvalue weighted by Crippen LogP contribution is 2.27. The Labute approximate surface area is 179 Å². The highest BCUT2D eigenvalue weighted by atomic mass is 32.2. The number of carboxylic acids is 1. The van der Waals surface area contributed by atoms with Gasteiger partial charge in [-0.15, -0.1) is 11.8 Å². The van der Waals surface area contributed by atoms with Crippen LogP contribution in [0.1, 0.15) is 24.0 Å². The Morgan fingerprint density at radius 2 is 1.67 bits per heavy atom. The van der Waals surface area contributed by atoms with Gasteiger partial charge in [-0.1, -0.05) is 60.7 Å². The third kappa shape index (κ3) is 5.20. The number of carboxylic acid groups (broad SMARTS) is 1. The highest BCUT2D eigenvalue weighted by Gasteiger charge is 2.40. The first-order valence-corrected chi connectivity index (χ1v) is 10.7. The second-order valence-corrected chi connectivity index (χ2v) is 7.98. The van der Waals surface area contributed by atoms with Gasteiger partial charge in [0.2, 0.25) is 5.91 Å². The third-order valence-electron chi connectivity index (χ3n) is 4.78. The Morgan fingerprint density at radius 3 is 2.13 bits per heavy atom. The van der Waals surface area contributed by atoms with Crippen LogP contribution >= 0.6 is 11.8 Å². The van der Waals surface area contributed by atoms with E-state index >= 15 is 0 Å². The molecule has 0 aromatic heterocycles. The molecule has 3 rings (SSSR count). The van der Waals surface area contributed by atoms with Crippen molar-refractivity contribution in [1.29, 1.82) is 0 Å². The minimum absolute atomic E-state index is 0.158. The number of hydrogen-bond donors (Lipinski definition) is 3. The number of rotatable bonds is 8. The molecule has 0 saturated carbocycles. The second kappa shape index (κ2) is 10.3. The molecule has 3 unspecified atom stereocenters. The summed E-state index contributed by atoms with van der Waals surface area (Å²) in [6.07, 6.45) is 0. The molecule has 2 aromatic rings. The third-order valence-corrected chi connectivity index (χ3v) is 6.07. The SMILES string of the molecule is CCOC(=O)C(NC(=O)C(c1ccccc1)c1ccccc1)C1NC(C(=O)O)CS1. The molecule has 158 valence electrons. The topological polar surface area (TPSA) is 105 Å². The van der Waals surface area contributed by atoms with Crippen molar-refractivity contribution >= 4 is 29.6 Å². The van der Waals surface area contributed by atoms with Crippen LogP contribution in [0.2, 0.25) is 0 Å². The van der Waals surface area contributed by atoms with Gasteiger partial charge in [-0.3, -0.25) is 14.9 Å². The van der Waals surface area contributed by atoms with Gasteiger partial charge in [0.1, 0.15) is 6.04 Å². The average Bonchev–Trinajstić information content (AvgIpc) is 3.24. The molecular weight excluding hydrogens is 404 g/mol. The van der Waals surface area contributed by atoms with Crippen molar-refractivity contribution in [2.24, 2.45) is 0 Å². The number of benzene rings is 2. The first-order valence-electron chi connectivity index (χ1n) is 9.68. The maximum Gasteiger partial charge on any atom is 0.331 e. The standard InChI is InChI=1S/C22H24N2O5S/c1-2-29-22(28)18(20-23-16(13-30-20)21(26)27)24-19(25)17(14-9-5-3-6-10-14)15-11-7-4-8-12-15/h3-12,16-18,20,23H,2,13H2,1H3,(H,24,25)(H,26,27). The highest BCUT2D eigenvalue weighted by molar-refractivity contribution is 8.00. The van der Waals surface area contributed by atoms with Crippen molar-refractivity contribution in [3.63, 3.8) is 0 Å². The fourth-order valence-electron chi connectivity index (χ4n) is 3.34. The van der Waals surface area contributed by atoms with Gasteiger partial charge in [-0.2, -0.15) is 0 Å². The van der Waals surface area contributed by atoms with E-state index in [1.807, 2.05) is 60.7 Å². The van der Waals surface area contributed by atoms with Crippen LogP contribution in [-0.2, 0) is 19.1 Å². The number of amides is 1. The molecule has 1 saturated heterocycles. The zero-order valence-electron chi connectivity index (χ0n) is 16.5. The predicted octanol–water partition coefficient (Wildman–Crippen LogP) is 1.98. The molecule has 1 heterocycles. The second-order valence-electron chi connectivity index (χ2n) is 6.80. The Balaban J connectivity index is 1.87. The molecule has 1 aliphatic heterocycles. The maximum atomic E-state index is 13.4. The quantitative estimate of drug-likeness (QED) is 0.552. The van der Waals surface area contributed by atoms with Gasteiger partial charge < -0.3 is 15.2 Å². The molecule has 3 atom stereocenters. The molecule has 0 radical (unpaired) electrons. The lowest BCUT2D eigenvalue weighted by Gasteiger charge is -2.26. The Hall–Kier alpha value is -2.84. The van der Waals surface area contributed by atoms with E-state index in [2.05, 4.69) is 10.6 Å². The van der Waals surface area contributed by atoms with Gasteiger partial charge in [0.15, 0.2) is 6.04 Å². The molecule has 1 aliphatic rings. The van der Waals surface area contributed by atoms with Crippen LogP contribution in [0.4, 0.5) is 0 Å². The minimum atomic E-state index is -1.01. The number of carbonyl (C=O) groups is 3. The average molecular weight is 429 g/mol. The van der Waals surface area contributed by atoms with E-state index in [-0.39, 0.29) is 12.5 Å². The van der Waals surface area contributed by atoms with Crippen molar-refractivity contribution in [3.8, 4) is 0 Å². The maximum absolute atomic E-state index is 13.4. The molecule has 0 aliphatic carbocycles. The van der Waals surface area contributed by atoms with E-state index in [1.165, 1.54) is 11.8 Å². The fourth-order valence-corrected chi connectivity index (χ4v) is 4.61. The lowest BCUT2D eigenvalue weighted by Crippen LogP contribution is -2.54. The van der Waals surface area contributed by atoms with Gasteiger partial charge in [0.25, 0.3) is 0 Å². The van der Waals surface area contributed by atoms with Crippen LogP contribution in [0.15, 0.2) is 60.7 Å². The van der Waals surface area contributed by atoms with E-state index < -0.39 is 35.3 Å². The molecule has 0 spiro atoms. The van der Waals surface area contributed by atoms with E-state index in [0.29, 0.717) is 5.75 Å². The van der Waals surface area contributed by atoms with Crippen LogP contribution in [-0.4, -0.2) is 52.8 Å². The van der Waals surface area contributed by atoms with Crippen LogP contribution in [0, 0.1) is 0 Å². The lowest BCUT2D eigenvalue weighted by molar-refractivity contribution is -0.148. The van der Waals surface area contributed by atoms with Crippen molar-refractivity contribution in [1.82, 2.24) is 10.6 Å². The molecule has 7 nitrogen and oxygen atoms in total. The number of hydrogen-bond acceptors (Lipinski definition) is 6. The van der Waals surface area contributed by atoms with Crippen molar-refractivity contribution in [2.75, 3.05) is 12.4 Å². The number of aliphatic carboxylic acids is 1. The van der Waals surface area contributed by atoms with Gasteiger partial charge in [0.05, 0.1) is 17.9 Å². The number of ether oxygens (including phenoxy) is 1. The summed E-state index contributed by atoms with van der Waals surface area (Å²) in [5, 5.41) is 14.4. The van der Waals surface area contributed by atoms with E-state index in [4.69, 9.17) is 4.74 Å². The number of thioether (sulfide) groups is 1. The van der Waals surface area contributed by atoms with Crippen LogP contribution in [0.25, 0.3) is 0 Å². The Morgan fingerprint density at radius 1 is 1.10 bits per heavy atom. The normalized spacial score (nSPS) is 19.3. The van der Waals surface area contributed by atoms with Gasteiger partial charge in [0, 0.05) is 5.75 Å². The summed E-state index contributed by atoms with van der Waals surface area (Å²) in [6.45, 7) is 1.84. The van der Waals surface area contributed by atoms with Crippen LogP contribution in [0.3, 0.4) is 0 Å². The zero-order chi connectivity index (χ0) is 21.5. The monoisotopic (exact) mass is 428 g/mol. The van der Waals surface area contributed by atoms with Crippen molar-refractivity contribution < 1.29 is 24.2 Å². The summed E-state index contributed by atoms with van der Waals surface area (Å²) in [6, 6.07) is 16.8. The minimum Gasteiger partial charge on any atom is -0.480 e. The molecular formula is C22H24N2O5S. The fraction of sp³-hybridized carbons (Fsp3) is 0.318. The van der Waals surface area contributed by atoms with Gasteiger partial charge >= 0.3 is 11.9 Å². The summed E-state index contributed by atoms with van der Waals surface area (Å²) in [5.41, 5.74) is 1.58. The van der Waals surface area contributed by atoms with Crippen LogP contribution < -0.4 is 10.6 Å². The van der Waals surface area contributed by atoms with Gasteiger partial charge in [-0.25, -0.2) is 4.79 Å². The van der Waals surface area contributed by atoms with Crippen molar-refractivity contribution in [3.05, 3.63) is 71.8 Å². The lowest BCUT2D eigenvalue weighted by atomic mass is 9.90. The predicted molar refractivity (Wildman–Crippen MR) is 114 cm³/mol. The molecule has 1 fully saturated rings. The Bertz CT molecular complexity index is 838. The van der Waals surface area contributed by atoms with E-state index in [1.54, 1.807) is 6.92 Å².